The van der Waals surface area contributed by atoms with Crippen molar-refractivity contribution in [3.05, 3.63) is 66.2 Å². The second-order valence-electron chi connectivity index (χ2n) is 4.45. The van der Waals surface area contributed by atoms with Crippen LogP contribution in [0.4, 0.5) is 0 Å². The molecule has 0 unspecified atom stereocenters. The molecule has 4 heteroatoms. The first-order valence-electron chi connectivity index (χ1n) is 5.81. The molecule has 0 aromatic heterocycles. The Hall–Kier alpha value is -1.25. The maximum atomic E-state index is 10.2. The summed E-state index contributed by atoms with van der Waals surface area (Å²) < 4.78 is 0. The molecule has 0 bridgehead atoms. The average Bonchev–Trinajstić information content (AvgIpc) is 2.39. The maximum absolute atomic E-state index is 10.2. The first kappa shape index (κ1) is 13.2. The SMILES string of the molecule is OP(O)(O)(CCc1ccccc1)c1ccccc1. The van der Waals surface area contributed by atoms with Crippen molar-refractivity contribution in [1.29, 1.82) is 0 Å². The molecular formula is C14H17O3P. The monoisotopic (exact) mass is 264 g/mol. The van der Waals surface area contributed by atoms with Gasteiger partial charge in [0, 0.05) is 0 Å². The van der Waals surface area contributed by atoms with Crippen molar-refractivity contribution < 1.29 is 14.7 Å². The van der Waals surface area contributed by atoms with Crippen LogP contribution in [0.5, 0.6) is 0 Å². The normalized spacial score (nSPS) is 13.8. The first-order chi connectivity index (χ1) is 8.46. The average molecular weight is 264 g/mol. The van der Waals surface area contributed by atoms with Crippen LogP contribution in [0.1, 0.15) is 5.56 Å². The molecule has 2 aromatic rings. The van der Waals surface area contributed by atoms with Gasteiger partial charge in [0.2, 0.25) is 0 Å². The Morgan fingerprint density at radius 3 is 1.78 bits per heavy atom. The number of hydrogen-bond donors (Lipinski definition) is 3. The fourth-order valence-corrected chi connectivity index (χ4v) is 3.55. The molecule has 18 heavy (non-hydrogen) atoms. The third-order valence-corrected chi connectivity index (χ3v) is 5.34. The van der Waals surface area contributed by atoms with Gasteiger partial charge in [0.05, 0.1) is 0 Å². The predicted octanol–water partition coefficient (Wildman–Crippen LogP) is 1.83. The minimum absolute atomic E-state index is 0.0559. The molecular weight excluding hydrogens is 247 g/mol. The van der Waals surface area contributed by atoms with Gasteiger partial charge in [-0.3, -0.25) is 0 Å². The predicted molar refractivity (Wildman–Crippen MR) is 74.7 cm³/mol. The summed E-state index contributed by atoms with van der Waals surface area (Å²) in [6, 6.07) is 17.7. The fourth-order valence-electron chi connectivity index (χ4n) is 1.84. The van der Waals surface area contributed by atoms with Crippen molar-refractivity contribution in [1.82, 2.24) is 0 Å². The van der Waals surface area contributed by atoms with E-state index >= 15 is 0 Å². The third-order valence-electron chi connectivity index (χ3n) is 2.94. The van der Waals surface area contributed by atoms with Gasteiger partial charge in [0.1, 0.15) is 0 Å². The summed E-state index contributed by atoms with van der Waals surface area (Å²) in [5, 5.41) is 0.208. The van der Waals surface area contributed by atoms with Gasteiger partial charge in [0.25, 0.3) is 0 Å². The summed E-state index contributed by atoms with van der Waals surface area (Å²) in [5.41, 5.74) is 0.972. The Morgan fingerprint density at radius 1 is 0.722 bits per heavy atom. The van der Waals surface area contributed by atoms with Crippen molar-refractivity contribution in [2.24, 2.45) is 0 Å². The Balaban J connectivity index is 2.16. The molecule has 2 aromatic carbocycles. The third kappa shape index (κ3) is 3.15. The van der Waals surface area contributed by atoms with Crippen LogP contribution in [-0.4, -0.2) is 20.8 Å². The van der Waals surface area contributed by atoms with Crippen LogP contribution >= 0.6 is 7.28 Å². The number of benzene rings is 2. The van der Waals surface area contributed by atoms with E-state index in [2.05, 4.69) is 0 Å². The van der Waals surface area contributed by atoms with Crippen LogP contribution in [0.15, 0.2) is 60.7 Å². The van der Waals surface area contributed by atoms with E-state index in [1.807, 2.05) is 30.3 Å². The molecule has 0 spiro atoms. The molecule has 0 heterocycles. The van der Waals surface area contributed by atoms with Crippen molar-refractivity contribution in [3.63, 3.8) is 0 Å². The molecule has 0 aliphatic carbocycles. The summed E-state index contributed by atoms with van der Waals surface area (Å²) >= 11 is 0. The molecule has 3 nitrogen and oxygen atoms in total. The van der Waals surface area contributed by atoms with Crippen molar-refractivity contribution in [3.8, 4) is 0 Å². The molecule has 3 N–H and O–H groups in total. The number of aryl methyl sites for hydroxylation is 1. The molecule has 0 fully saturated rings. The van der Waals surface area contributed by atoms with Gasteiger partial charge in [-0.05, 0) is 0 Å². The summed E-state index contributed by atoms with van der Waals surface area (Å²) in [5.74, 6) is 0. The molecule has 0 radical (unpaired) electrons. The second-order valence-corrected chi connectivity index (χ2v) is 7.71. The summed E-state index contributed by atoms with van der Waals surface area (Å²) in [6.07, 6.45) is 0.372. The van der Waals surface area contributed by atoms with Crippen molar-refractivity contribution >= 4 is 12.6 Å². The van der Waals surface area contributed by atoms with E-state index < -0.39 is 7.28 Å². The number of rotatable bonds is 4. The van der Waals surface area contributed by atoms with E-state index in [1.165, 1.54) is 0 Å². The second kappa shape index (κ2) is 4.79. The Kier molecular flexibility index (Phi) is 3.51. The zero-order chi connectivity index (χ0) is 13.1. The van der Waals surface area contributed by atoms with Crippen molar-refractivity contribution in [2.45, 2.75) is 6.42 Å². The van der Waals surface area contributed by atoms with Crippen LogP contribution in [0.3, 0.4) is 0 Å². The van der Waals surface area contributed by atoms with Gasteiger partial charge in [-0.25, -0.2) is 0 Å². The zero-order valence-corrected chi connectivity index (χ0v) is 10.9. The van der Waals surface area contributed by atoms with Crippen LogP contribution in [0, 0.1) is 0 Å². The molecule has 0 saturated heterocycles. The van der Waals surface area contributed by atoms with Crippen LogP contribution in [0.25, 0.3) is 0 Å². The first-order valence-corrected chi connectivity index (χ1v) is 8.09. The Labute approximate surface area is 107 Å². The van der Waals surface area contributed by atoms with Gasteiger partial charge in [-0.15, -0.1) is 0 Å². The van der Waals surface area contributed by atoms with E-state index in [4.69, 9.17) is 0 Å². The molecule has 0 saturated carbocycles. The summed E-state index contributed by atoms with van der Waals surface area (Å²) in [4.78, 5) is 30.5. The number of hydrogen-bond acceptors (Lipinski definition) is 3. The van der Waals surface area contributed by atoms with E-state index in [0.29, 0.717) is 6.42 Å². The van der Waals surface area contributed by atoms with E-state index in [1.54, 1.807) is 30.3 Å². The fraction of sp³-hybridized carbons (Fsp3) is 0.143. The Morgan fingerprint density at radius 2 is 1.22 bits per heavy atom. The van der Waals surface area contributed by atoms with Gasteiger partial charge < -0.3 is 0 Å². The topological polar surface area (TPSA) is 60.7 Å². The van der Waals surface area contributed by atoms with Crippen LogP contribution in [-0.2, 0) is 6.42 Å². The Bertz CT molecular complexity index is 503. The molecule has 2 rings (SSSR count). The summed E-state index contributed by atoms with van der Waals surface area (Å²) in [6.45, 7) is 0. The molecule has 0 aliphatic rings. The van der Waals surface area contributed by atoms with Gasteiger partial charge in [-0.2, -0.15) is 0 Å². The van der Waals surface area contributed by atoms with Gasteiger partial charge in [0.15, 0.2) is 0 Å². The van der Waals surface area contributed by atoms with E-state index in [-0.39, 0.29) is 11.5 Å². The molecule has 96 valence electrons. The quantitative estimate of drug-likeness (QED) is 0.738. The van der Waals surface area contributed by atoms with Gasteiger partial charge in [-0.1, -0.05) is 0 Å². The molecule has 0 aliphatic heterocycles. The van der Waals surface area contributed by atoms with Crippen LogP contribution in [0.2, 0.25) is 0 Å². The molecule has 0 atom stereocenters. The van der Waals surface area contributed by atoms with E-state index in [9.17, 15) is 14.7 Å². The standard InChI is InChI=1S/C14H17O3P/c15-18(16,17,14-9-5-2-6-10-14)12-11-13-7-3-1-4-8-13/h1-10,15-17H,11-12H2. The zero-order valence-electron chi connectivity index (χ0n) is 9.98. The molecule has 0 amide bonds. The minimum atomic E-state index is -4.74. The van der Waals surface area contributed by atoms with Crippen LogP contribution < -0.4 is 5.30 Å². The van der Waals surface area contributed by atoms with Gasteiger partial charge >= 0.3 is 106 Å². The van der Waals surface area contributed by atoms with E-state index in [0.717, 1.165) is 5.56 Å². The van der Waals surface area contributed by atoms with Crippen molar-refractivity contribution in [2.75, 3.05) is 6.16 Å². The summed E-state index contributed by atoms with van der Waals surface area (Å²) in [7, 11) is -4.74.